The lowest BCUT2D eigenvalue weighted by Crippen LogP contribution is -2.39. The monoisotopic (exact) mass is 267 g/mol. The van der Waals surface area contributed by atoms with Gasteiger partial charge < -0.3 is 15.5 Å². The second-order valence-electron chi connectivity index (χ2n) is 5.24. The molecule has 1 fully saturated rings. The maximum Gasteiger partial charge on any atom is 0.244 e. The minimum atomic E-state index is -0.502. The van der Waals surface area contributed by atoms with E-state index in [2.05, 4.69) is 25.9 Å². The molecule has 0 radical (unpaired) electrons. The van der Waals surface area contributed by atoms with Gasteiger partial charge in [0.1, 0.15) is 6.04 Å². The Kier molecular flexibility index (Phi) is 4.04. The lowest BCUT2D eigenvalue weighted by Gasteiger charge is -2.23. The molecule has 18 heavy (non-hydrogen) atoms. The molecule has 0 aliphatic carbocycles. The highest BCUT2D eigenvalue weighted by atomic mass is 32.1. The summed E-state index contributed by atoms with van der Waals surface area (Å²) in [7, 11) is 4.13. The Bertz CT molecular complexity index is 404. The van der Waals surface area contributed by atoms with Gasteiger partial charge in [-0.1, -0.05) is 13.0 Å². The lowest BCUT2D eigenvalue weighted by molar-refractivity contribution is -0.131. The number of thiophene rings is 1. The summed E-state index contributed by atoms with van der Waals surface area (Å²) in [4.78, 5) is 17.4. The fourth-order valence-electron chi connectivity index (χ4n) is 2.59. The third-order valence-corrected chi connectivity index (χ3v) is 4.62. The fraction of sp³-hybridized carbons (Fsp3) is 0.615. The Morgan fingerprint density at radius 1 is 1.56 bits per heavy atom. The van der Waals surface area contributed by atoms with Crippen LogP contribution in [-0.4, -0.2) is 48.9 Å². The summed E-state index contributed by atoms with van der Waals surface area (Å²) >= 11 is 1.54. The van der Waals surface area contributed by atoms with Gasteiger partial charge in [0.15, 0.2) is 0 Å². The minimum absolute atomic E-state index is 0.0497. The quantitative estimate of drug-likeness (QED) is 0.894. The molecule has 4 nitrogen and oxygen atoms in total. The maximum atomic E-state index is 12.3. The number of carbonyl (C=O) groups is 1. The van der Waals surface area contributed by atoms with E-state index < -0.39 is 6.04 Å². The van der Waals surface area contributed by atoms with E-state index in [0.717, 1.165) is 18.0 Å². The fourth-order valence-corrected chi connectivity index (χ4v) is 3.31. The van der Waals surface area contributed by atoms with Crippen LogP contribution in [0.15, 0.2) is 17.5 Å². The second kappa shape index (κ2) is 5.38. The summed E-state index contributed by atoms with van der Waals surface area (Å²) in [5.41, 5.74) is 6.04. The van der Waals surface area contributed by atoms with Gasteiger partial charge in [0.2, 0.25) is 5.91 Å². The van der Waals surface area contributed by atoms with Crippen molar-refractivity contribution in [2.75, 3.05) is 27.2 Å². The van der Waals surface area contributed by atoms with Crippen LogP contribution >= 0.6 is 11.3 Å². The largest absolute Gasteiger partial charge is 0.339 e. The van der Waals surface area contributed by atoms with Gasteiger partial charge in [0.25, 0.3) is 0 Å². The topological polar surface area (TPSA) is 49.6 Å². The van der Waals surface area contributed by atoms with Crippen LogP contribution in [0.5, 0.6) is 0 Å². The van der Waals surface area contributed by atoms with Crippen molar-refractivity contribution in [2.45, 2.75) is 19.0 Å². The molecule has 1 aromatic rings. The highest BCUT2D eigenvalue weighted by molar-refractivity contribution is 7.10. The number of carbonyl (C=O) groups excluding carboxylic acids is 1. The Morgan fingerprint density at radius 2 is 2.28 bits per heavy atom. The molecule has 3 unspecified atom stereocenters. The molecule has 1 amide bonds. The third-order valence-electron chi connectivity index (χ3n) is 3.66. The van der Waals surface area contributed by atoms with Crippen LogP contribution in [0.1, 0.15) is 17.8 Å². The molecule has 0 bridgehead atoms. The molecule has 1 saturated heterocycles. The molecule has 5 heteroatoms. The van der Waals surface area contributed by atoms with Crippen LogP contribution in [0.2, 0.25) is 0 Å². The summed E-state index contributed by atoms with van der Waals surface area (Å²) in [6.45, 7) is 3.78. The minimum Gasteiger partial charge on any atom is -0.339 e. The molecule has 1 aliphatic rings. The van der Waals surface area contributed by atoms with Crippen LogP contribution in [0.25, 0.3) is 0 Å². The molecule has 1 aliphatic heterocycles. The number of amides is 1. The number of hydrogen-bond donors (Lipinski definition) is 1. The summed E-state index contributed by atoms with van der Waals surface area (Å²) in [5.74, 6) is 0.549. The molecule has 2 rings (SSSR count). The number of likely N-dealkylation sites (N-methyl/N-ethyl adjacent to an activating group) is 1. The van der Waals surface area contributed by atoms with Gasteiger partial charge in [-0.3, -0.25) is 4.79 Å². The molecular formula is C13H21N3OS. The molecule has 3 atom stereocenters. The molecule has 0 aromatic carbocycles. The van der Waals surface area contributed by atoms with Crippen molar-refractivity contribution < 1.29 is 4.79 Å². The number of likely N-dealkylation sites (tertiary alicyclic amines) is 1. The first-order valence-corrected chi connectivity index (χ1v) is 7.13. The van der Waals surface area contributed by atoms with Crippen molar-refractivity contribution >= 4 is 17.2 Å². The Labute approximate surface area is 112 Å². The summed E-state index contributed by atoms with van der Waals surface area (Å²) in [6, 6.07) is 3.79. The van der Waals surface area contributed by atoms with E-state index in [1.165, 1.54) is 0 Å². The average molecular weight is 267 g/mol. The van der Waals surface area contributed by atoms with Crippen molar-refractivity contribution in [2.24, 2.45) is 11.7 Å². The van der Waals surface area contributed by atoms with E-state index in [4.69, 9.17) is 5.73 Å². The van der Waals surface area contributed by atoms with Crippen molar-refractivity contribution in [1.29, 1.82) is 0 Å². The van der Waals surface area contributed by atoms with Crippen LogP contribution in [0.3, 0.4) is 0 Å². The van der Waals surface area contributed by atoms with E-state index in [0.29, 0.717) is 12.0 Å². The van der Waals surface area contributed by atoms with Crippen LogP contribution in [0, 0.1) is 5.92 Å². The van der Waals surface area contributed by atoms with Gasteiger partial charge in [-0.2, -0.15) is 0 Å². The van der Waals surface area contributed by atoms with Crippen LogP contribution in [-0.2, 0) is 4.79 Å². The van der Waals surface area contributed by atoms with Gasteiger partial charge in [-0.15, -0.1) is 11.3 Å². The third kappa shape index (κ3) is 2.58. The maximum absolute atomic E-state index is 12.3. The first kappa shape index (κ1) is 13.5. The molecule has 0 saturated carbocycles. The highest BCUT2D eigenvalue weighted by Gasteiger charge is 2.35. The lowest BCUT2D eigenvalue weighted by atomic mass is 10.1. The SMILES string of the molecule is CC1CN(C(=O)C(N)c2cccs2)CC1N(C)C. The number of rotatable bonds is 3. The molecule has 2 N–H and O–H groups in total. The highest BCUT2D eigenvalue weighted by Crippen LogP contribution is 2.24. The zero-order valence-electron chi connectivity index (χ0n) is 11.2. The number of hydrogen-bond acceptors (Lipinski definition) is 4. The van der Waals surface area contributed by atoms with Gasteiger partial charge in [0, 0.05) is 24.0 Å². The summed E-state index contributed by atoms with van der Waals surface area (Å²) in [6.07, 6.45) is 0. The molecular weight excluding hydrogens is 246 g/mol. The van der Waals surface area contributed by atoms with Gasteiger partial charge in [-0.25, -0.2) is 0 Å². The molecule has 2 heterocycles. The standard InChI is InChI=1S/C13H21N3OS/c1-9-7-16(8-10(9)15(2)3)13(17)12(14)11-5-4-6-18-11/h4-6,9-10,12H,7-8,14H2,1-3H3. The number of nitrogens with zero attached hydrogens (tertiary/aromatic N) is 2. The van der Waals surface area contributed by atoms with Gasteiger partial charge in [-0.05, 0) is 31.5 Å². The zero-order chi connectivity index (χ0) is 13.3. The zero-order valence-corrected chi connectivity index (χ0v) is 12.0. The van der Waals surface area contributed by atoms with Crippen molar-refractivity contribution in [3.05, 3.63) is 22.4 Å². The van der Waals surface area contributed by atoms with E-state index in [-0.39, 0.29) is 5.91 Å². The van der Waals surface area contributed by atoms with E-state index >= 15 is 0 Å². The smallest absolute Gasteiger partial charge is 0.244 e. The van der Waals surface area contributed by atoms with E-state index in [1.807, 2.05) is 22.4 Å². The average Bonchev–Trinajstić information content (AvgIpc) is 2.95. The Morgan fingerprint density at radius 3 is 2.78 bits per heavy atom. The van der Waals surface area contributed by atoms with Gasteiger partial charge in [0.05, 0.1) is 0 Å². The van der Waals surface area contributed by atoms with Gasteiger partial charge >= 0.3 is 0 Å². The van der Waals surface area contributed by atoms with Crippen molar-refractivity contribution in [3.63, 3.8) is 0 Å². The normalized spacial score (nSPS) is 25.7. The summed E-state index contributed by atoms with van der Waals surface area (Å²) in [5, 5.41) is 1.96. The molecule has 100 valence electrons. The van der Waals surface area contributed by atoms with Crippen LogP contribution < -0.4 is 5.73 Å². The van der Waals surface area contributed by atoms with Crippen molar-refractivity contribution in [1.82, 2.24) is 9.80 Å². The van der Waals surface area contributed by atoms with Crippen molar-refractivity contribution in [3.8, 4) is 0 Å². The van der Waals surface area contributed by atoms with E-state index in [1.54, 1.807) is 11.3 Å². The first-order valence-electron chi connectivity index (χ1n) is 6.25. The predicted molar refractivity (Wildman–Crippen MR) is 74.5 cm³/mol. The summed E-state index contributed by atoms with van der Waals surface area (Å²) < 4.78 is 0. The molecule has 0 spiro atoms. The Balaban J connectivity index is 2.03. The Hall–Kier alpha value is -0.910. The number of nitrogens with two attached hydrogens (primary N) is 1. The second-order valence-corrected chi connectivity index (χ2v) is 6.22. The van der Waals surface area contributed by atoms with Crippen LogP contribution in [0.4, 0.5) is 0 Å². The first-order chi connectivity index (χ1) is 8.50. The van der Waals surface area contributed by atoms with E-state index in [9.17, 15) is 4.79 Å². The molecule has 1 aromatic heterocycles. The predicted octanol–water partition coefficient (Wildman–Crippen LogP) is 1.16.